The number of hydrogen-bond donors (Lipinski definition) is 1. The number of aromatic nitrogens is 2. The summed E-state index contributed by atoms with van der Waals surface area (Å²) in [6.07, 6.45) is 3.27. The minimum Gasteiger partial charge on any atom is -0.321 e. The molecule has 0 atom stereocenters. The number of imidazole rings is 1. The summed E-state index contributed by atoms with van der Waals surface area (Å²) in [4.78, 5) is 16.8. The van der Waals surface area contributed by atoms with Crippen LogP contribution < -0.4 is 5.32 Å². The van der Waals surface area contributed by atoms with Crippen LogP contribution in [0.3, 0.4) is 0 Å². The minimum absolute atomic E-state index is 0.275. The van der Waals surface area contributed by atoms with Crippen LogP contribution in [0.2, 0.25) is 0 Å². The van der Waals surface area contributed by atoms with E-state index in [1.807, 2.05) is 6.26 Å². The molecule has 0 saturated carbocycles. The van der Waals surface area contributed by atoms with Gasteiger partial charge < -0.3 is 5.32 Å². The number of carbonyl (C=O) groups excluding carboxylic acids is 1. The van der Waals surface area contributed by atoms with Crippen molar-refractivity contribution in [3.8, 4) is 5.69 Å². The van der Waals surface area contributed by atoms with Gasteiger partial charge in [0.1, 0.15) is 17.3 Å². The number of thioether (sulfide) groups is 1. The van der Waals surface area contributed by atoms with E-state index in [9.17, 15) is 13.6 Å². The lowest BCUT2D eigenvalue weighted by Gasteiger charge is -2.11. The second-order valence-electron chi connectivity index (χ2n) is 5.36. The fourth-order valence-corrected chi connectivity index (χ4v) is 2.89. The van der Waals surface area contributed by atoms with Crippen LogP contribution in [0.15, 0.2) is 53.8 Å². The zero-order valence-corrected chi connectivity index (χ0v) is 14.4. The van der Waals surface area contributed by atoms with Crippen LogP contribution in [0.5, 0.6) is 0 Å². The summed E-state index contributed by atoms with van der Waals surface area (Å²) in [5.41, 5.74) is 1.74. The van der Waals surface area contributed by atoms with Crippen LogP contribution in [-0.2, 0) is 0 Å². The molecule has 1 aromatic heterocycles. The number of anilines is 1. The number of hydrogen-bond acceptors (Lipinski definition) is 3. The topological polar surface area (TPSA) is 46.9 Å². The predicted octanol–water partition coefficient (Wildman–Crippen LogP) is 4.43. The number of halogens is 2. The van der Waals surface area contributed by atoms with Crippen molar-refractivity contribution in [1.82, 2.24) is 9.55 Å². The first-order valence-electron chi connectivity index (χ1n) is 7.45. The maximum absolute atomic E-state index is 13.7. The number of aryl methyl sites for hydroxylation is 1. The molecule has 0 radical (unpaired) electrons. The summed E-state index contributed by atoms with van der Waals surface area (Å²) in [5.74, 6) is -1.19. The molecule has 7 heteroatoms. The largest absolute Gasteiger partial charge is 0.321 e. The number of rotatable bonds is 4. The first kappa shape index (κ1) is 17.2. The van der Waals surface area contributed by atoms with Gasteiger partial charge in [-0.1, -0.05) is 17.8 Å². The van der Waals surface area contributed by atoms with Crippen LogP contribution in [-0.4, -0.2) is 21.7 Å². The molecule has 3 rings (SSSR count). The van der Waals surface area contributed by atoms with Crippen molar-refractivity contribution in [2.75, 3.05) is 11.6 Å². The van der Waals surface area contributed by atoms with Crippen LogP contribution in [0, 0.1) is 18.6 Å². The summed E-state index contributed by atoms with van der Waals surface area (Å²) in [6, 6.07) is 10.3. The van der Waals surface area contributed by atoms with Gasteiger partial charge >= 0.3 is 0 Å². The second kappa shape index (κ2) is 7.06. The van der Waals surface area contributed by atoms with Gasteiger partial charge in [-0.15, -0.1) is 0 Å². The maximum Gasteiger partial charge on any atom is 0.274 e. The monoisotopic (exact) mass is 359 g/mol. The SMILES string of the molecule is CSc1ncc(C(=O)Nc2ccc(C)c(F)c2)n1-c1ccc(F)cc1. The Balaban J connectivity index is 1.96. The number of carbonyl (C=O) groups is 1. The lowest BCUT2D eigenvalue weighted by Crippen LogP contribution is -2.17. The Hall–Kier alpha value is -2.67. The Kier molecular flexibility index (Phi) is 4.85. The summed E-state index contributed by atoms with van der Waals surface area (Å²) in [7, 11) is 0. The average Bonchev–Trinajstić information content (AvgIpc) is 3.03. The van der Waals surface area contributed by atoms with E-state index in [4.69, 9.17) is 0 Å². The van der Waals surface area contributed by atoms with Crippen LogP contribution >= 0.6 is 11.8 Å². The van der Waals surface area contributed by atoms with Crippen molar-refractivity contribution in [2.24, 2.45) is 0 Å². The molecule has 4 nitrogen and oxygen atoms in total. The van der Waals surface area contributed by atoms with E-state index in [-0.39, 0.29) is 11.5 Å². The van der Waals surface area contributed by atoms with E-state index >= 15 is 0 Å². The molecule has 0 aliphatic rings. The lowest BCUT2D eigenvalue weighted by atomic mass is 10.2. The number of benzene rings is 2. The highest BCUT2D eigenvalue weighted by molar-refractivity contribution is 7.98. The fraction of sp³-hybridized carbons (Fsp3) is 0.111. The van der Waals surface area contributed by atoms with Crippen molar-refractivity contribution < 1.29 is 13.6 Å². The highest BCUT2D eigenvalue weighted by Crippen LogP contribution is 2.23. The highest BCUT2D eigenvalue weighted by atomic mass is 32.2. The van der Waals surface area contributed by atoms with Crippen LogP contribution in [0.1, 0.15) is 16.1 Å². The molecule has 0 unspecified atom stereocenters. The fourth-order valence-electron chi connectivity index (χ4n) is 2.34. The number of amides is 1. The average molecular weight is 359 g/mol. The van der Waals surface area contributed by atoms with Gasteiger partial charge in [0.25, 0.3) is 5.91 Å². The first-order valence-corrected chi connectivity index (χ1v) is 8.67. The van der Waals surface area contributed by atoms with Crippen molar-refractivity contribution in [3.63, 3.8) is 0 Å². The van der Waals surface area contributed by atoms with Gasteiger partial charge in [-0.3, -0.25) is 9.36 Å². The van der Waals surface area contributed by atoms with Gasteiger partial charge in [0.15, 0.2) is 5.16 Å². The van der Waals surface area contributed by atoms with Gasteiger partial charge in [0.2, 0.25) is 0 Å². The molecule has 0 aliphatic heterocycles. The van der Waals surface area contributed by atoms with Gasteiger partial charge in [0.05, 0.1) is 6.20 Å². The molecule has 3 aromatic rings. The Morgan fingerprint density at radius 2 is 1.88 bits per heavy atom. The Morgan fingerprint density at radius 3 is 2.52 bits per heavy atom. The Bertz CT molecular complexity index is 923. The van der Waals surface area contributed by atoms with Crippen molar-refractivity contribution in [3.05, 3.63) is 71.6 Å². The molecule has 1 amide bonds. The third-order valence-corrected chi connectivity index (χ3v) is 4.31. The molecule has 1 N–H and O–H groups in total. The minimum atomic E-state index is -0.430. The molecular formula is C18H15F2N3OS. The molecule has 0 bridgehead atoms. The maximum atomic E-state index is 13.7. The van der Waals surface area contributed by atoms with E-state index in [2.05, 4.69) is 10.3 Å². The molecular weight excluding hydrogens is 344 g/mol. The summed E-state index contributed by atoms with van der Waals surface area (Å²) >= 11 is 1.36. The first-order chi connectivity index (χ1) is 12.0. The normalized spacial score (nSPS) is 10.7. The van der Waals surface area contributed by atoms with E-state index in [0.29, 0.717) is 22.1 Å². The van der Waals surface area contributed by atoms with Crippen molar-refractivity contribution in [2.45, 2.75) is 12.1 Å². The standard InChI is InChI=1S/C18H15F2N3OS/c1-11-3-6-13(9-15(11)20)22-17(24)16-10-21-18(25-2)23(16)14-7-4-12(19)5-8-14/h3-10H,1-2H3,(H,22,24). The summed E-state index contributed by atoms with van der Waals surface area (Å²) in [5, 5.41) is 3.25. The zero-order valence-electron chi connectivity index (χ0n) is 13.6. The molecule has 0 spiro atoms. The summed E-state index contributed by atoms with van der Waals surface area (Å²) in [6.45, 7) is 1.65. The van der Waals surface area contributed by atoms with E-state index in [1.165, 1.54) is 36.2 Å². The quantitative estimate of drug-likeness (QED) is 0.701. The molecule has 2 aromatic carbocycles. The zero-order chi connectivity index (χ0) is 18.0. The Labute approximate surface area is 147 Å². The summed E-state index contributed by atoms with van der Waals surface area (Å²) < 4.78 is 28.5. The van der Waals surface area contributed by atoms with Gasteiger partial charge in [-0.25, -0.2) is 13.8 Å². The molecule has 1 heterocycles. The van der Waals surface area contributed by atoms with Gasteiger partial charge in [-0.2, -0.15) is 0 Å². The molecule has 0 saturated heterocycles. The number of nitrogens with one attached hydrogen (secondary N) is 1. The molecule has 0 aliphatic carbocycles. The number of nitrogens with zero attached hydrogens (tertiary/aromatic N) is 2. The Morgan fingerprint density at radius 1 is 1.16 bits per heavy atom. The molecule has 128 valence electrons. The van der Waals surface area contributed by atoms with Gasteiger partial charge in [-0.05, 0) is 55.1 Å². The van der Waals surface area contributed by atoms with Crippen LogP contribution in [0.4, 0.5) is 14.5 Å². The third-order valence-electron chi connectivity index (χ3n) is 3.66. The lowest BCUT2D eigenvalue weighted by molar-refractivity contribution is 0.102. The van der Waals surface area contributed by atoms with E-state index in [1.54, 1.807) is 35.8 Å². The third kappa shape index (κ3) is 3.56. The molecule has 0 fully saturated rings. The van der Waals surface area contributed by atoms with E-state index in [0.717, 1.165) is 0 Å². The van der Waals surface area contributed by atoms with Crippen molar-refractivity contribution >= 4 is 23.4 Å². The predicted molar refractivity (Wildman–Crippen MR) is 94.4 cm³/mol. The van der Waals surface area contributed by atoms with E-state index < -0.39 is 11.7 Å². The smallest absolute Gasteiger partial charge is 0.274 e. The van der Waals surface area contributed by atoms with Crippen molar-refractivity contribution in [1.29, 1.82) is 0 Å². The van der Waals surface area contributed by atoms with Crippen LogP contribution in [0.25, 0.3) is 5.69 Å². The van der Waals surface area contributed by atoms with Gasteiger partial charge in [0, 0.05) is 11.4 Å². The molecule has 25 heavy (non-hydrogen) atoms. The second-order valence-corrected chi connectivity index (χ2v) is 6.13. The highest BCUT2D eigenvalue weighted by Gasteiger charge is 2.18.